The molecule has 3 heterocycles. The molecule has 6 heteroatoms. The van der Waals surface area contributed by atoms with Crippen molar-refractivity contribution in [1.82, 2.24) is 9.97 Å². The molecule has 130 valence electrons. The van der Waals surface area contributed by atoms with Crippen molar-refractivity contribution in [2.75, 3.05) is 0 Å². The Kier molecular flexibility index (Phi) is 3.55. The van der Waals surface area contributed by atoms with Crippen LogP contribution in [-0.2, 0) is 0 Å². The van der Waals surface area contributed by atoms with Gasteiger partial charge in [0.25, 0.3) is 0 Å². The SMILES string of the molecule is Oc1[nH]c2ccc(Cl)cc2c1/C=c1\ccc2c(c1)N=NC=2c1cccnc1. The van der Waals surface area contributed by atoms with E-state index in [9.17, 15) is 5.11 Å². The fraction of sp³-hybridized carbons (Fsp3) is 0. The molecule has 27 heavy (non-hydrogen) atoms. The summed E-state index contributed by atoms with van der Waals surface area (Å²) < 4.78 is 0. The molecule has 0 fully saturated rings. The second kappa shape index (κ2) is 6.07. The minimum Gasteiger partial charge on any atom is -0.494 e. The summed E-state index contributed by atoms with van der Waals surface area (Å²) in [7, 11) is 0. The number of nitrogens with one attached hydrogen (secondary N) is 1. The van der Waals surface area contributed by atoms with Crippen LogP contribution < -0.4 is 10.4 Å². The minimum absolute atomic E-state index is 0.108. The highest BCUT2D eigenvalue weighted by molar-refractivity contribution is 6.31. The Balaban J connectivity index is 1.68. The normalized spacial score (nSPS) is 13.5. The number of aromatic hydroxyl groups is 1. The highest BCUT2D eigenvalue weighted by Gasteiger charge is 2.12. The zero-order chi connectivity index (χ0) is 18.4. The predicted molar refractivity (Wildman–Crippen MR) is 105 cm³/mol. The van der Waals surface area contributed by atoms with Crippen molar-refractivity contribution in [3.05, 3.63) is 87.5 Å². The van der Waals surface area contributed by atoms with Gasteiger partial charge in [0.1, 0.15) is 5.70 Å². The Morgan fingerprint density at radius 1 is 1.04 bits per heavy atom. The van der Waals surface area contributed by atoms with E-state index >= 15 is 0 Å². The van der Waals surface area contributed by atoms with Crippen molar-refractivity contribution in [2.45, 2.75) is 0 Å². The lowest BCUT2D eigenvalue weighted by atomic mass is 10.1. The van der Waals surface area contributed by atoms with Crippen LogP contribution in [0, 0.1) is 0 Å². The molecular weight excluding hydrogens is 360 g/mol. The van der Waals surface area contributed by atoms with Gasteiger partial charge >= 0.3 is 0 Å². The van der Waals surface area contributed by atoms with Gasteiger partial charge in [0.05, 0.1) is 5.69 Å². The average molecular weight is 373 g/mol. The molecule has 1 aliphatic rings. The number of H-pyrrole nitrogens is 1. The zero-order valence-electron chi connectivity index (χ0n) is 14.0. The van der Waals surface area contributed by atoms with Gasteiger partial charge in [-0.1, -0.05) is 17.7 Å². The molecule has 0 amide bonds. The Labute approximate surface area is 159 Å². The van der Waals surface area contributed by atoms with E-state index in [-0.39, 0.29) is 5.88 Å². The van der Waals surface area contributed by atoms with Gasteiger partial charge in [-0.15, -0.1) is 10.2 Å². The van der Waals surface area contributed by atoms with Crippen LogP contribution >= 0.6 is 11.6 Å². The largest absolute Gasteiger partial charge is 0.494 e. The number of fused-ring (bicyclic) bond motifs is 2. The van der Waals surface area contributed by atoms with Gasteiger partial charge < -0.3 is 10.1 Å². The van der Waals surface area contributed by atoms with Crippen molar-refractivity contribution >= 4 is 40.0 Å². The summed E-state index contributed by atoms with van der Waals surface area (Å²) in [5.41, 5.74) is 4.06. The van der Waals surface area contributed by atoms with Crippen molar-refractivity contribution in [3.63, 3.8) is 0 Å². The number of halogens is 1. The van der Waals surface area contributed by atoms with Crippen molar-refractivity contribution < 1.29 is 5.11 Å². The van der Waals surface area contributed by atoms with E-state index < -0.39 is 0 Å². The van der Waals surface area contributed by atoms with Crippen LogP contribution in [0.15, 0.2) is 71.2 Å². The molecular formula is C21H13ClN4O. The first-order valence-corrected chi connectivity index (χ1v) is 8.75. The van der Waals surface area contributed by atoms with Crippen LogP contribution in [0.1, 0.15) is 11.1 Å². The first-order chi connectivity index (χ1) is 13.2. The molecule has 0 atom stereocenters. The van der Waals surface area contributed by atoms with Crippen molar-refractivity contribution in [1.29, 1.82) is 0 Å². The number of hydrogen-bond donors (Lipinski definition) is 2. The minimum atomic E-state index is 0.108. The fourth-order valence-electron chi connectivity index (χ4n) is 3.28. The molecule has 0 radical (unpaired) electrons. The molecule has 2 N–H and O–H groups in total. The molecule has 5 nitrogen and oxygen atoms in total. The maximum absolute atomic E-state index is 10.3. The molecule has 0 spiro atoms. The number of rotatable bonds is 2. The van der Waals surface area contributed by atoms with Crippen LogP contribution in [-0.4, -0.2) is 15.1 Å². The summed E-state index contributed by atoms with van der Waals surface area (Å²) in [5.74, 6) is 0.108. The monoisotopic (exact) mass is 372 g/mol. The molecule has 0 unspecified atom stereocenters. The number of aromatic amines is 1. The number of nitrogens with zero attached hydrogens (tertiary/aromatic N) is 3. The number of aromatic nitrogens is 2. The van der Waals surface area contributed by atoms with Gasteiger partial charge in [-0.05, 0) is 53.8 Å². The van der Waals surface area contributed by atoms with Gasteiger partial charge in [-0.2, -0.15) is 0 Å². The van der Waals surface area contributed by atoms with E-state index in [0.717, 1.165) is 38.3 Å². The lowest BCUT2D eigenvalue weighted by Gasteiger charge is -1.97. The van der Waals surface area contributed by atoms with E-state index in [1.807, 2.05) is 48.5 Å². The topological polar surface area (TPSA) is 73.6 Å². The van der Waals surface area contributed by atoms with E-state index in [1.165, 1.54) is 0 Å². The van der Waals surface area contributed by atoms with Gasteiger partial charge in [-0.25, -0.2) is 0 Å². The van der Waals surface area contributed by atoms with E-state index in [4.69, 9.17) is 11.6 Å². The highest BCUT2D eigenvalue weighted by Crippen LogP contribution is 2.30. The highest BCUT2D eigenvalue weighted by atomic mass is 35.5. The average Bonchev–Trinajstić information content (AvgIpc) is 3.24. The molecule has 2 aromatic carbocycles. The van der Waals surface area contributed by atoms with Crippen molar-refractivity contribution in [3.8, 4) is 5.88 Å². The molecule has 0 bridgehead atoms. The quantitative estimate of drug-likeness (QED) is 0.558. The number of pyridine rings is 1. The van der Waals surface area contributed by atoms with E-state index in [1.54, 1.807) is 18.5 Å². The van der Waals surface area contributed by atoms with Gasteiger partial charge in [-0.3, -0.25) is 4.98 Å². The molecule has 0 saturated carbocycles. The smallest absolute Gasteiger partial charge is 0.196 e. The Morgan fingerprint density at radius 3 is 2.81 bits per heavy atom. The lowest BCUT2D eigenvalue weighted by Crippen LogP contribution is -2.09. The van der Waals surface area contributed by atoms with Crippen LogP contribution in [0.4, 0.5) is 5.69 Å². The molecule has 5 rings (SSSR count). The van der Waals surface area contributed by atoms with Crippen LogP contribution in [0.5, 0.6) is 5.88 Å². The maximum Gasteiger partial charge on any atom is 0.196 e. The fourth-order valence-corrected chi connectivity index (χ4v) is 3.45. The Hall–Kier alpha value is -3.44. The second-order valence-corrected chi connectivity index (χ2v) is 6.72. The van der Waals surface area contributed by atoms with Crippen LogP contribution in [0.3, 0.4) is 0 Å². The summed E-state index contributed by atoms with van der Waals surface area (Å²) in [5, 5.41) is 22.3. The standard InChI is InChI=1S/C21H13ClN4O/c22-14-4-6-18-16(10-14)17(21(27)24-18)8-12-3-5-15-19(9-12)25-26-20(15)13-2-1-7-23-11-13/h1-11,24,27H/b12-8+. The maximum atomic E-state index is 10.3. The molecule has 0 aliphatic carbocycles. The first kappa shape index (κ1) is 15.8. The molecule has 2 aromatic heterocycles. The van der Waals surface area contributed by atoms with Crippen molar-refractivity contribution in [2.24, 2.45) is 10.2 Å². The first-order valence-electron chi connectivity index (χ1n) is 8.37. The van der Waals surface area contributed by atoms with Gasteiger partial charge in [0.15, 0.2) is 5.88 Å². The van der Waals surface area contributed by atoms with Gasteiger partial charge in [0.2, 0.25) is 0 Å². The zero-order valence-corrected chi connectivity index (χ0v) is 14.8. The van der Waals surface area contributed by atoms with Gasteiger partial charge in [0, 0.05) is 44.7 Å². The molecule has 4 aromatic rings. The van der Waals surface area contributed by atoms with E-state index in [2.05, 4.69) is 20.2 Å². The van der Waals surface area contributed by atoms with Crippen LogP contribution in [0.2, 0.25) is 5.02 Å². The number of benzene rings is 2. The third-order valence-corrected chi connectivity index (χ3v) is 4.80. The third-order valence-electron chi connectivity index (χ3n) is 4.56. The predicted octanol–water partition coefficient (Wildman–Crippen LogP) is 4.00. The summed E-state index contributed by atoms with van der Waals surface area (Å²) in [4.78, 5) is 7.11. The number of azo groups is 1. The Morgan fingerprint density at radius 2 is 1.96 bits per heavy atom. The van der Waals surface area contributed by atoms with Crippen LogP contribution in [0.25, 0.3) is 22.7 Å². The summed E-state index contributed by atoms with van der Waals surface area (Å²) in [6.07, 6.45) is 5.41. The molecule has 1 aliphatic heterocycles. The number of hydrogen-bond acceptors (Lipinski definition) is 4. The summed E-state index contributed by atoms with van der Waals surface area (Å²) in [6, 6.07) is 15.2. The Bertz CT molecular complexity index is 1340. The summed E-state index contributed by atoms with van der Waals surface area (Å²) in [6.45, 7) is 0. The summed E-state index contributed by atoms with van der Waals surface area (Å²) >= 11 is 6.11. The molecule has 0 saturated heterocycles. The van der Waals surface area contributed by atoms with E-state index in [0.29, 0.717) is 10.6 Å². The lowest BCUT2D eigenvalue weighted by molar-refractivity contribution is 0.457. The second-order valence-electron chi connectivity index (χ2n) is 6.29. The third kappa shape index (κ3) is 2.69.